The van der Waals surface area contributed by atoms with Crippen LogP contribution in [0.4, 0.5) is 5.82 Å². The molecule has 6 nitrogen and oxygen atoms in total. The van der Waals surface area contributed by atoms with Crippen molar-refractivity contribution in [3.05, 3.63) is 61.1 Å². The zero-order chi connectivity index (χ0) is 14.8. The summed E-state index contributed by atoms with van der Waals surface area (Å²) in [4.78, 5) is 15.5. The van der Waals surface area contributed by atoms with Gasteiger partial charge in [-0.05, 0) is 11.6 Å². The molecule has 0 atom stereocenters. The van der Waals surface area contributed by atoms with Crippen LogP contribution in [0.2, 0.25) is 0 Å². The van der Waals surface area contributed by atoms with Gasteiger partial charge in [0, 0.05) is 5.56 Å². The molecule has 0 aliphatic heterocycles. The van der Waals surface area contributed by atoms with Gasteiger partial charge in [-0.3, -0.25) is 0 Å². The van der Waals surface area contributed by atoms with E-state index in [1.54, 1.807) is 12.6 Å². The molecule has 6 heteroatoms. The van der Waals surface area contributed by atoms with Gasteiger partial charge in [0.1, 0.15) is 17.6 Å². The number of aromatic nitrogens is 4. The second-order valence-corrected chi connectivity index (χ2v) is 4.80. The minimum Gasteiger partial charge on any atom is -0.467 e. The number of imidazole rings is 1. The van der Waals surface area contributed by atoms with Gasteiger partial charge < -0.3 is 14.7 Å². The Bertz CT molecular complexity index is 897. The lowest BCUT2D eigenvalue weighted by Crippen LogP contribution is -2.02. The Balaban J connectivity index is 1.61. The smallest absolute Gasteiger partial charge is 0.162 e. The van der Waals surface area contributed by atoms with Crippen LogP contribution < -0.4 is 5.32 Å². The molecule has 0 unspecified atom stereocenters. The predicted molar refractivity (Wildman–Crippen MR) is 83.2 cm³/mol. The molecular weight excluding hydrogens is 278 g/mol. The van der Waals surface area contributed by atoms with E-state index in [-0.39, 0.29) is 0 Å². The van der Waals surface area contributed by atoms with Crippen molar-refractivity contribution in [2.45, 2.75) is 6.54 Å². The van der Waals surface area contributed by atoms with Gasteiger partial charge in [0.2, 0.25) is 0 Å². The van der Waals surface area contributed by atoms with Crippen molar-refractivity contribution in [1.29, 1.82) is 0 Å². The molecule has 0 radical (unpaired) electrons. The van der Waals surface area contributed by atoms with Crippen molar-refractivity contribution in [1.82, 2.24) is 19.9 Å². The van der Waals surface area contributed by atoms with E-state index < -0.39 is 0 Å². The Labute approximate surface area is 126 Å². The molecule has 0 spiro atoms. The maximum Gasteiger partial charge on any atom is 0.162 e. The number of benzene rings is 1. The lowest BCUT2D eigenvalue weighted by molar-refractivity contribution is 0.519. The summed E-state index contributed by atoms with van der Waals surface area (Å²) in [7, 11) is 0. The van der Waals surface area contributed by atoms with E-state index in [1.165, 1.54) is 6.33 Å². The fourth-order valence-corrected chi connectivity index (χ4v) is 2.41. The summed E-state index contributed by atoms with van der Waals surface area (Å²) in [5, 5.41) is 3.26. The molecule has 0 aliphatic rings. The number of H-pyrrole nitrogens is 1. The Hall–Kier alpha value is -3.15. The molecule has 4 rings (SSSR count). The second-order valence-electron chi connectivity index (χ2n) is 4.80. The average molecular weight is 291 g/mol. The van der Waals surface area contributed by atoms with E-state index in [0.29, 0.717) is 18.0 Å². The minimum absolute atomic E-state index is 0.524. The van der Waals surface area contributed by atoms with Crippen LogP contribution >= 0.6 is 0 Å². The van der Waals surface area contributed by atoms with Crippen LogP contribution in [-0.2, 0) is 6.54 Å². The molecule has 0 saturated heterocycles. The van der Waals surface area contributed by atoms with Crippen LogP contribution in [0.3, 0.4) is 0 Å². The Morgan fingerprint density at radius 2 is 1.95 bits per heavy atom. The van der Waals surface area contributed by atoms with Crippen LogP contribution in [0, 0.1) is 0 Å². The summed E-state index contributed by atoms with van der Waals surface area (Å²) in [6, 6.07) is 12.1. The molecule has 0 amide bonds. The highest BCUT2D eigenvalue weighted by Crippen LogP contribution is 2.25. The fraction of sp³-hybridized carbons (Fsp3) is 0.0625. The van der Waals surface area contributed by atoms with Crippen LogP contribution in [0.15, 0.2) is 59.7 Å². The molecular formula is C16H13N5O. The Morgan fingerprint density at radius 3 is 2.86 bits per heavy atom. The number of hydrogen-bond acceptors (Lipinski definition) is 5. The Morgan fingerprint density at radius 1 is 1.05 bits per heavy atom. The number of furan rings is 1. The highest BCUT2D eigenvalue weighted by atomic mass is 16.3. The third-order valence-electron chi connectivity index (χ3n) is 3.46. The molecule has 3 aromatic heterocycles. The summed E-state index contributed by atoms with van der Waals surface area (Å²) in [6.45, 7) is 0.524. The summed E-state index contributed by atoms with van der Waals surface area (Å²) in [5.41, 5.74) is 3.62. The van der Waals surface area contributed by atoms with Crippen LogP contribution in [0.25, 0.3) is 22.3 Å². The summed E-state index contributed by atoms with van der Waals surface area (Å²) in [5.74, 6) is 1.54. The first-order chi connectivity index (χ1) is 10.9. The zero-order valence-electron chi connectivity index (χ0n) is 11.7. The fourth-order valence-electron chi connectivity index (χ4n) is 2.41. The van der Waals surface area contributed by atoms with Gasteiger partial charge in [-0.15, -0.1) is 0 Å². The van der Waals surface area contributed by atoms with E-state index in [1.807, 2.05) is 24.3 Å². The van der Waals surface area contributed by atoms with Crippen LogP contribution in [0.5, 0.6) is 0 Å². The van der Waals surface area contributed by atoms with E-state index in [0.717, 1.165) is 22.4 Å². The normalized spacial score (nSPS) is 10.9. The molecule has 4 aromatic rings. The first-order valence-corrected chi connectivity index (χ1v) is 6.91. The number of rotatable bonds is 4. The van der Waals surface area contributed by atoms with Gasteiger partial charge in [0.25, 0.3) is 0 Å². The molecule has 3 heterocycles. The number of nitrogens with one attached hydrogen (secondary N) is 2. The molecule has 22 heavy (non-hydrogen) atoms. The van der Waals surface area contributed by atoms with Crippen molar-refractivity contribution in [2.75, 3.05) is 5.32 Å². The molecule has 0 saturated carbocycles. The highest BCUT2D eigenvalue weighted by molar-refractivity contribution is 5.82. The molecule has 0 fully saturated rings. The van der Waals surface area contributed by atoms with E-state index >= 15 is 0 Å². The van der Waals surface area contributed by atoms with Gasteiger partial charge in [-0.25, -0.2) is 15.0 Å². The number of fused-ring (bicyclic) bond motifs is 1. The van der Waals surface area contributed by atoms with Crippen molar-refractivity contribution >= 4 is 17.0 Å². The minimum atomic E-state index is 0.524. The second kappa shape index (κ2) is 5.33. The molecule has 0 bridgehead atoms. The highest BCUT2D eigenvalue weighted by Gasteiger charge is 2.10. The first-order valence-electron chi connectivity index (χ1n) is 6.91. The Kier molecular flexibility index (Phi) is 3.05. The van der Waals surface area contributed by atoms with Crippen molar-refractivity contribution in [3.8, 4) is 11.1 Å². The molecule has 1 aromatic carbocycles. The van der Waals surface area contributed by atoms with E-state index in [4.69, 9.17) is 4.42 Å². The topological polar surface area (TPSA) is 79.6 Å². The first kappa shape index (κ1) is 12.6. The van der Waals surface area contributed by atoms with Gasteiger partial charge in [-0.2, -0.15) is 0 Å². The number of hydrogen-bond donors (Lipinski definition) is 2. The maximum absolute atomic E-state index is 5.60. The average Bonchev–Trinajstić information content (AvgIpc) is 3.23. The standard InChI is InChI=1S/C16H13N5O/c1-2-4-11(5-3-1)12-6-7-22-13(12)8-17-15-14-16(19-9-18-14)21-10-20-15/h1-7,9-10H,8H2,(H2,17,18,19,20,21). The lowest BCUT2D eigenvalue weighted by atomic mass is 10.1. The number of aromatic amines is 1. The van der Waals surface area contributed by atoms with Gasteiger partial charge in [0.05, 0.1) is 19.1 Å². The number of anilines is 1. The summed E-state index contributed by atoms with van der Waals surface area (Å²) >= 11 is 0. The SMILES string of the molecule is c1ccc(-c2ccoc2CNc2ncnc3[nH]cnc23)cc1. The van der Waals surface area contributed by atoms with Gasteiger partial charge in [0.15, 0.2) is 11.5 Å². The maximum atomic E-state index is 5.60. The largest absolute Gasteiger partial charge is 0.467 e. The lowest BCUT2D eigenvalue weighted by Gasteiger charge is -2.06. The quantitative estimate of drug-likeness (QED) is 0.603. The van der Waals surface area contributed by atoms with Gasteiger partial charge >= 0.3 is 0 Å². The molecule has 2 N–H and O–H groups in total. The number of nitrogens with zero attached hydrogens (tertiary/aromatic N) is 3. The third kappa shape index (κ3) is 2.20. The van der Waals surface area contributed by atoms with Crippen molar-refractivity contribution in [3.63, 3.8) is 0 Å². The monoisotopic (exact) mass is 291 g/mol. The summed E-state index contributed by atoms with van der Waals surface area (Å²) in [6.07, 6.45) is 4.80. The molecule has 0 aliphatic carbocycles. The zero-order valence-corrected chi connectivity index (χ0v) is 11.7. The van der Waals surface area contributed by atoms with Gasteiger partial charge in [-0.1, -0.05) is 30.3 Å². The van der Waals surface area contributed by atoms with E-state index in [9.17, 15) is 0 Å². The van der Waals surface area contributed by atoms with Crippen molar-refractivity contribution in [2.24, 2.45) is 0 Å². The van der Waals surface area contributed by atoms with Crippen LogP contribution in [-0.4, -0.2) is 19.9 Å². The van der Waals surface area contributed by atoms with E-state index in [2.05, 4.69) is 37.4 Å². The van der Waals surface area contributed by atoms with Crippen LogP contribution in [0.1, 0.15) is 5.76 Å². The summed E-state index contributed by atoms with van der Waals surface area (Å²) < 4.78 is 5.60. The molecule has 108 valence electrons. The van der Waals surface area contributed by atoms with Crippen molar-refractivity contribution < 1.29 is 4.42 Å². The predicted octanol–water partition coefficient (Wildman–Crippen LogP) is 3.22. The third-order valence-corrected chi connectivity index (χ3v) is 3.46.